The third-order valence-corrected chi connectivity index (χ3v) is 3.75. The van der Waals surface area contributed by atoms with Crippen LogP contribution in [0.1, 0.15) is 17.9 Å². The number of nitrogens with zero attached hydrogens (tertiary/aromatic N) is 2. The van der Waals surface area contributed by atoms with E-state index in [4.69, 9.17) is 5.73 Å². The number of anilines is 1. The lowest BCUT2D eigenvalue weighted by atomic mass is 9.96. The van der Waals surface area contributed by atoms with Crippen LogP contribution in [-0.4, -0.2) is 35.2 Å². The van der Waals surface area contributed by atoms with Crippen LogP contribution in [0.15, 0.2) is 30.5 Å². The van der Waals surface area contributed by atoms with E-state index in [9.17, 15) is 0 Å². The highest BCUT2D eigenvalue weighted by Gasteiger charge is 2.20. The number of nitrogens with two attached hydrogens (primary N) is 1. The molecule has 0 bridgehead atoms. The van der Waals surface area contributed by atoms with Gasteiger partial charge in [-0.1, -0.05) is 24.3 Å². The predicted molar refractivity (Wildman–Crippen MR) is 73.3 cm³/mol. The number of H-pyrrole nitrogens is 1. The quantitative estimate of drug-likeness (QED) is 0.847. The van der Waals surface area contributed by atoms with E-state index >= 15 is 0 Å². The van der Waals surface area contributed by atoms with E-state index < -0.39 is 0 Å². The third kappa shape index (κ3) is 1.99. The Hall–Kier alpha value is -1.81. The monoisotopic (exact) mass is 242 g/mol. The second-order valence-electron chi connectivity index (χ2n) is 5.07. The molecule has 2 heterocycles. The summed E-state index contributed by atoms with van der Waals surface area (Å²) in [6.45, 7) is 2.36. The standard InChI is InChI=1S/C14H18N4/c1-18-7-6-12(9-18)10-2-4-11(5-3-10)13-8-16-17-14(13)15/h2-5,8,12H,6-7,9H2,1H3,(H3,15,16,17). The summed E-state index contributed by atoms with van der Waals surface area (Å²) in [6, 6.07) is 8.70. The lowest BCUT2D eigenvalue weighted by Gasteiger charge is -2.11. The van der Waals surface area contributed by atoms with E-state index in [2.05, 4.69) is 46.4 Å². The summed E-state index contributed by atoms with van der Waals surface area (Å²) in [5.41, 5.74) is 9.35. The molecule has 1 fully saturated rings. The topological polar surface area (TPSA) is 57.9 Å². The molecular weight excluding hydrogens is 224 g/mol. The molecule has 0 spiro atoms. The van der Waals surface area contributed by atoms with Crippen molar-refractivity contribution in [1.29, 1.82) is 0 Å². The second-order valence-corrected chi connectivity index (χ2v) is 5.07. The lowest BCUT2D eigenvalue weighted by Crippen LogP contribution is -2.13. The Bertz CT molecular complexity index is 529. The molecule has 1 atom stereocenters. The number of benzene rings is 1. The first kappa shape index (κ1) is 11.3. The Kier molecular flexibility index (Phi) is 2.80. The number of aromatic amines is 1. The van der Waals surface area contributed by atoms with Gasteiger partial charge >= 0.3 is 0 Å². The number of hydrogen-bond acceptors (Lipinski definition) is 3. The first-order chi connectivity index (χ1) is 8.74. The van der Waals surface area contributed by atoms with E-state index in [0.717, 1.165) is 17.7 Å². The first-order valence-corrected chi connectivity index (χ1v) is 6.32. The van der Waals surface area contributed by atoms with Gasteiger partial charge in [0.05, 0.1) is 6.20 Å². The zero-order valence-corrected chi connectivity index (χ0v) is 10.6. The molecule has 1 aliphatic rings. The van der Waals surface area contributed by atoms with E-state index in [1.807, 2.05) is 0 Å². The number of hydrogen-bond donors (Lipinski definition) is 2. The summed E-state index contributed by atoms with van der Waals surface area (Å²) in [5, 5.41) is 6.71. The molecule has 94 valence electrons. The summed E-state index contributed by atoms with van der Waals surface area (Å²) in [4.78, 5) is 2.38. The molecule has 0 aliphatic carbocycles. The van der Waals surface area contributed by atoms with Gasteiger partial charge in [0.25, 0.3) is 0 Å². The highest BCUT2D eigenvalue weighted by atomic mass is 15.1. The van der Waals surface area contributed by atoms with Crippen LogP contribution in [0.3, 0.4) is 0 Å². The summed E-state index contributed by atoms with van der Waals surface area (Å²) >= 11 is 0. The van der Waals surface area contributed by atoms with E-state index in [1.54, 1.807) is 6.20 Å². The van der Waals surface area contributed by atoms with Gasteiger partial charge < -0.3 is 10.6 Å². The molecule has 1 saturated heterocycles. The van der Waals surface area contributed by atoms with Gasteiger partial charge in [0.2, 0.25) is 0 Å². The molecule has 18 heavy (non-hydrogen) atoms. The number of rotatable bonds is 2. The van der Waals surface area contributed by atoms with Gasteiger partial charge in [0.1, 0.15) is 5.82 Å². The van der Waals surface area contributed by atoms with E-state index in [0.29, 0.717) is 11.7 Å². The number of nitrogen functional groups attached to an aromatic ring is 1. The van der Waals surface area contributed by atoms with E-state index in [-0.39, 0.29) is 0 Å². The molecule has 3 N–H and O–H groups in total. The molecule has 1 unspecified atom stereocenters. The average Bonchev–Trinajstić information content (AvgIpc) is 2.98. The van der Waals surface area contributed by atoms with Crippen molar-refractivity contribution >= 4 is 5.82 Å². The Morgan fingerprint density at radius 1 is 1.33 bits per heavy atom. The van der Waals surface area contributed by atoms with Crippen LogP contribution in [0.25, 0.3) is 11.1 Å². The van der Waals surface area contributed by atoms with Crippen LogP contribution >= 0.6 is 0 Å². The maximum Gasteiger partial charge on any atom is 0.126 e. The number of likely N-dealkylation sites (tertiary alicyclic amines) is 1. The average molecular weight is 242 g/mol. The van der Waals surface area contributed by atoms with E-state index in [1.165, 1.54) is 18.5 Å². The molecule has 4 nitrogen and oxygen atoms in total. The summed E-state index contributed by atoms with van der Waals surface area (Å²) in [6.07, 6.45) is 3.03. The fourth-order valence-corrected chi connectivity index (χ4v) is 2.67. The molecular formula is C14H18N4. The molecule has 0 saturated carbocycles. The molecule has 0 radical (unpaired) electrons. The van der Waals surface area contributed by atoms with Crippen LogP contribution in [0, 0.1) is 0 Å². The molecule has 1 aliphatic heterocycles. The van der Waals surface area contributed by atoms with Crippen LogP contribution in [0.4, 0.5) is 5.82 Å². The first-order valence-electron chi connectivity index (χ1n) is 6.32. The van der Waals surface area contributed by atoms with Crippen molar-refractivity contribution in [3.8, 4) is 11.1 Å². The normalized spacial score (nSPS) is 20.4. The zero-order valence-electron chi connectivity index (χ0n) is 10.6. The highest BCUT2D eigenvalue weighted by Crippen LogP contribution is 2.29. The second kappa shape index (κ2) is 4.46. The zero-order chi connectivity index (χ0) is 12.5. The van der Waals surface area contributed by atoms with Crippen molar-refractivity contribution in [2.75, 3.05) is 25.9 Å². The lowest BCUT2D eigenvalue weighted by molar-refractivity contribution is 0.411. The Morgan fingerprint density at radius 3 is 2.67 bits per heavy atom. The van der Waals surface area contributed by atoms with Crippen LogP contribution in [0.2, 0.25) is 0 Å². The van der Waals surface area contributed by atoms with Crippen LogP contribution < -0.4 is 5.73 Å². The van der Waals surface area contributed by atoms with Crippen molar-refractivity contribution in [3.05, 3.63) is 36.0 Å². The Morgan fingerprint density at radius 2 is 2.11 bits per heavy atom. The Labute approximate surface area is 107 Å². The van der Waals surface area contributed by atoms with Crippen molar-refractivity contribution < 1.29 is 0 Å². The largest absolute Gasteiger partial charge is 0.384 e. The van der Waals surface area contributed by atoms with Gasteiger partial charge in [0.15, 0.2) is 0 Å². The smallest absolute Gasteiger partial charge is 0.126 e. The fraction of sp³-hybridized carbons (Fsp3) is 0.357. The van der Waals surface area contributed by atoms with Gasteiger partial charge in [-0.3, -0.25) is 5.10 Å². The predicted octanol–water partition coefficient (Wildman–Crippen LogP) is 2.08. The van der Waals surface area contributed by atoms with Crippen molar-refractivity contribution in [1.82, 2.24) is 15.1 Å². The number of likely N-dealkylation sites (N-methyl/N-ethyl adjacent to an activating group) is 1. The summed E-state index contributed by atoms with van der Waals surface area (Å²) in [5.74, 6) is 1.30. The molecule has 0 amide bonds. The summed E-state index contributed by atoms with van der Waals surface area (Å²) < 4.78 is 0. The van der Waals surface area contributed by atoms with Gasteiger partial charge in [-0.05, 0) is 37.1 Å². The molecule has 4 heteroatoms. The van der Waals surface area contributed by atoms with Gasteiger partial charge in [-0.25, -0.2) is 0 Å². The molecule has 1 aromatic heterocycles. The number of nitrogens with one attached hydrogen (secondary N) is 1. The van der Waals surface area contributed by atoms with Gasteiger partial charge in [-0.15, -0.1) is 0 Å². The van der Waals surface area contributed by atoms with Crippen LogP contribution in [0.5, 0.6) is 0 Å². The van der Waals surface area contributed by atoms with Crippen molar-refractivity contribution in [2.45, 2.75) is 12.3 Å². The third-order valence-electron chi connectivity index (χ3n) is 3.75. The highest BCUT2D eigenvalue weighted by molar-refractivity contribution is 5.73. The molecule has 3 rings (SSSR count). The molecule has 1 aromatic carbocycles. The molecule has 2 aromatic rings. The maximum absolute atomic E-state index is 5.83. The SMILES string of the molecule is CN1CCC(c2ccc(-c3cn[nH]c3N)cc2)C1. The minimum Gasteiger partial charge on any atom is -0.384 e. The number of aromatic nitrogens is 2. The van der Waals surface area contributed by atoms with Crippen molar-refractivity contribution in [3.63, 3.8) is 0 Å². The minimum atomic E-state index is 0.628. The van der Waals surface area contributed by atoms with Crippen LogP contribution in [-0.2, 0) is 0 Å². The maximum atomic E-state index is 5.83. The summed E-state index contributed by atoms with van der Waals surface area (Å²) in [7, 11) is 2.18. The van der Waals surface area contributed by atoms with Gasteiger partial charge in [0, 0.05) is 12.1 Å². The van der Waals surface area contributed by atoms with Gasteiger partial charge in [-0.2, -0.15) is 5.10 Å². The van der Waals surface area contributed by atoms with Crippen molar-refractivity contribution in [2.24, 2.45) is 0 Å². The Balaban J connectivity index is 1.83. The minimum absolute atomic E-state index is 0.628. The fourth-order valence-electron chi connectivity index (χ4n) is 2.67.